The molecule has 3 rings (SSSR count). The molecule has 7 heteroatoms. The number of methoxy groups -OCH3 is 2. The van der Waals surface area contributed by atoms with Crippen LogP contribution in [0.15, 0.2) is 24.3 Å². The number of carbonyl (C=O) groups excluding carboxylic acids is 2. The van der Waals surface area contributed by atoms with Gasteiger partial charge < -0.3 is 19.5 Å². The van der Waals surface area contributed by atoms with Gasteiger partial charge in [-0.2, -0.15) is 0 Å². The zero-order valence-electron chi connectivity index (χ0n) is 16.2. The van der Waals surface area contributed by atoms with Crippen molar-refractivity contribution in [2.45, 2.75) is 26.2 Å². The normalized spacial score (nSPS) is 15.2. The van der Waals surface area contributed by atoms with Crippen molar-refractivity contribution in [1.29, 1.82) is 0 Å². The van der Waals surface area contributed by atoms with E-state index in [0.29, 0.717) is 39.9 Å². The Hall–Kier alpha value is -2.73. The first kappa shape index (κ1) is 20.0. The van der Waals surface area contributed by atoms with E-state index in [9.17, 15) is 9.59 Å². The Morgan fingerprint density at radius 2 is 1.89 bits per heavy atom. The van der Waals surface area contributed by atoms with Crippen molar-refractivity contribution in [3.8, 4) is 17.2 Å². The van der Waals surface area contributed by atoms with E-state index in [1.165, 1.54) is 14.2 Å². The predicted molar refractivity (Wildman–Crippen MR) is 107 cm³/mol. The van der Waals surface area contributed by atoms with E-state index in [2.05, 4.69) is 5.32 Å². The summed E-state index contributed by atoms with van der Waals surface area (Å²) in [7, 11) is 2.98. The second kappa shape index (κ2) is 8.10. The van der Waals surface area contributed by atoms with Crippen molar-refractivity contribution >= 4 is 29.0 Å². The number of halogens is 1. The van der Waals surface area contributed by atoms with Crippen LogP contribution in [0.2, 0.25) is 5.02 Å². The van der Waals surface area contributed by atoms with Crippen LogP contribution in [-0.4, -0.2) is 32.5 Å². The van der Waals surface area contributed by atoms with Crippen molar-refractivity contribution in [1.82, 2.24) is 0 Å². The highest BCUT2D eigenvalue weighted by Gasteiger charge is 2.31. The predicted octanol–water partition coefficient (Wildman–Crippen LogP) is 4.37. The molecular formula is C21H22ClNO5. The molecule has 0 aliphatic heterocycles. The molecule has 0 unspecified atom stereocenters. The fraction of sp³-hybridized carbons (Fsp3) is 0.333. The van der Waals surface area contributed by atoms with Crippen molar-refractivity contribution in [3.05, 3.63) is 46.0 Å². The van der Waals surface area contributed by atoms with Crippen LogP contribution in [0.25, 0.3) is 0 Å². The van der Waals surface area contributed by atoms with Gasteiger partial charge in [-0.3, -0.25) is 9.59 Å². The van der Waals surface area contributed by atoms with Gasteiger partial charge in [-0.05, 0) is 36.1 Å². The highest BCUT2D eigenvalue weighted by molar-refractivity contribution is 6.32. The molecule has 28 heavy (non-hydrogen) atoms. The van der Waals surface area contributed by atoms with Gasteiger partial charge in [0.15, 0.2) is 12.4 Å². The molecule has 6 nitrogen and oxygen atoms in total. The number of benzene rings is 2. The molecule has 2 aromatic rings. The van der Waals surface area contributed by atoms with Gasteiger partial charge in [-0.1, -0.05) is 24.6 Å². The second-order valence-corrected chi connectivity index (χ2v) is 7.13. The average Bonchev–Trinajstić information content (AvgIpc) is 2.97. The second-order valence-electron chi connectivity index (χ2n) is 6.72. The third kappa shape index (κ3) is 3.78. The van der Waals surface area contributed by atoms with Gasteiger partial charge in [-0.25, -0.2) is 0 Å². The Kier molecular flexibility index (Phi) is 5.79. The number of anilines is 1. The molecule has 0 radical (unpaired) electrons. The lowest BCUT2D eigenvalue weighted by Crippen LogP contribution is -2.21. The third-order valence-electron chi connectivity index (χ3n) is 4.80. The van der Waals surface area contributed by atoms with E-state index in [4.69, 9.17) is 25.8 Å². The lowest BCUT2D eigenvalue weighted by Gasteiger charge is -2.15. The molecule has 1 aliphatic carbocycles. The number of fused-ring (bicyclic) bond motifs is 1. The minimum atomic E-state index is -0.396. The number of aryl methyl sites for hydroxylation is 1. The third-order valence-corrected chi connectivity index (χ3v) is 5.09. The number of hydrogen-bond donors (Lipinski definition) is 1. The Morgan fingerprint density at radius 1 is 1.18 bits per heavy atom. The standard InChI is InChI=1S/C21H22ClNO5/c1-11-5-6-16(21-15(24)7-12(2)20(11)21)28-10-19(25)23-14-8-13(22)17(26-3)9-18(14)27-4/h5-6,8-9,12H,7,10H2,1-4H3,(H,23,25)/t12-/m1/s1. The molecule has 0 aromatic heterocycles. The maximum atomic E-state index is 12.4. The van der Waals surface area contributed by atoms with Gasteiger partial charge in [-0.15, -0.1) is 0 Å². The number of nitrogens with one attached hydrogen (secondary N) is 1. The highest BCUT2D eigenvalue weighted by Crippen LogP contribution is 2.40. The van der Waals surface area contributed by atoms with Crippen molar-refractivity contribution in [3.63, 3.8) is 0 Å². The summed E-state index contributed by atoms with van der Waals surface area (Å²) in [5, 5.41) is 3.05. The zero-order valence-corrected chi connectivity index (χ0v) is 17.0. The molecule has 1 amide bonds. The molecule has 1 aliphatic rings. The summed E-state index contributed by atoms with van der Waals surface area (Å²) < 4.78 is 16.1. The SMILES string of the molecule is COc1cc(OC)c(NC(=O)COc2ccc(C)c3c2C(=O)C[C@H]3C)cc1Cl. The topological polar surface area (TPSA) is 73.9 Å². The van der Waals surface area contributed by atoms with Crippen LogP contribution in [-0.2, 0) is 4.79 Å². The van der Waals surface area contributed by atoms with Crippen LogP contribution in [0.5, 0.6) is 17.2 Å². The fourth-order valence-corrected chi connectivity index (χ4v) is 3.76. The minimum Gasteiger partial charge on any atom is -0.495 e. The van der Waals surface area contributed by atoms with E-state index >= 15 is 0 Å². The van der Waals surface area contributed by atoms with Gasteiger partial charge in [0, 0.05) is 12.5 Å². The molecule has 0 saturated carbocycles. The van der Waals surface area contributed by atoms with E-state index in [-0.39, 0.29) is 18.3 Å². The summed E-state index contributed by atoms with van der Waals surface area (Å²) in [6.45, 7) is 3.75. The van der Waals surface area contributed by atoms with E-state index in [1.807, 2.05) is 19.9 Å². The van der Waals surface area contributed by atoms with E-state index in [1.54, 1.807) is 18.2 Å². The van der Waals surface area contributed by atoms with Crippen LogP contribution in [0.3, 0.4) is 0 Å². The summed E-state index contributed by atoms with van der Waals surface area (Å²) in [4.78, 5) is 24.7. The zero-order chi connectivity index (χ0) is 20.4. The fourth-order valence-electron chi connectivity index (χ4n) is 3.52. The van der Waals surface area contributed by atoms with Crippen LogP contribution in [0.4, 0.5) is 5.69 Å². The molecular weight excluding hydrogens is 382 g/mol. The minimum absolute atomic E-state index is 0.0465. The van der Waals surface area contributed by atoms with Gasteiger partial charge >= 0.3 is 0 Å². The van der Waals surface area contributed by atoms with Gasteiger partial charge in [0.05, 0.1) is 30.5 Å². The molecule has 0 fully saturated rings. The summed E-state index contributed by atoms with van der Waals surface area (Å²) in [5.74, 6) is 1.10. The van der Waals surface area contributed by atoms with E-state index in [0.717, 1.165) is 11.1 Å². The van der Waals surface area contributed by atoms with Crippen LogP contribution < -0.4 is 19.5 Å². The van der Waals surface area contributed by atoms with Crippen LogP contribution >= 0.6 is 11.6 Å². The van der Waals surface area contributed by atoms with Crippen LogP contribution in [0, 0.1) is 6.92 Å². The average molecular weight is 404 g/mol. The Balaban J connectivity index is 1.75. The lowest BCUT2D eigenvalue weighted by atomic mass is 9.97. The summed E-state index contributed by atoms with van der Waals surface area (Å²) >= 11 is 6.12. The maximum Gasteiger partial charge on any atom is 0.262 e. The first-order valence-electron chi connectivity index (χ1n) is 8.86. The van der Waals surface area contributed by atoms with Crippen molar-refractivity contribution in [2.24, 2.45) is 0 Å². The van der Waals surface area contributed by atoms with Gasteiger partial charge in [0.1, 0.15) is 17.2 Å². The quantitative estimate of drug-likeness (QED) is 0.775. The first-order valence-corrected chi connectivity index (χ1v) is 9.24. The largest absolute Gasteiger partial charge is 0.495 e. The number of amides is 1. The number of ketones is 1. The summed E-state index contributed by atoms with van der Waals surface area (Å²) in [5.41, 5.74) is 3.06. The van der Waals surface area contributed by atoms with Crippen LogP contribution in [0.1, 0.15) is 40.7 Å². The first-order chi connectivity index (χ1) is 13.3. The molecule has 0 heterocycles. The number of ether oxygens (including phenoxy) is 3. The molecule has 2 aromatic carbocycles. The monoisotopic (exact) mass is 403 g/mol. The number of rotatable bonds is 6. The molecule has 0 saturated heterocycles. The van der Waals surface area contributed by atoms with Crippen molar-refractivity contribution in [2.75, 3.05) is 26.1 Å². The van der Waals surface area contributed by atoms with Crippen molar-refractivity contribution < 1.29 is 23.8 Å². The molecule has 0 bridgehead atoms. The smallest absolute Gasteiger partial charge is 0.262 e. The lowest BCUT2D eigenvalue weighted by molar-refractivity contribution is -0.118. The molecule has 1 N–H and O–H groups in total. The van der Waals surface area contributed by atoms with Gasteiger partial charge in [0.25, 0.3) is 5.91 Å². The van der Waals surface area contributed by atoms with Gasteiger partial charge in [0.2, 0.25) is 0 Å². The number of carbonyl (C=O) groups is 2. The Labute approximate surface area is 168 Å². The number of hydrogen-bond acceptors (Lipinski definition) is 5. The molecule has 1 atom stereocenters. The Morgan fingerprint density at radius 3 is 2.57 bits per heavy atom. The maximum absolute atomic E-state index is 12.4. The summed E-state index contributed by atoms with van der Waals surface area (Å²) in [6, 6.07) is 6.79. The molecule has 148 valence electrons. The summed E-state index contributed by atoms with van der Waals surface area (Å²) in [6.07, 6.45) is 0.463. The Bertz CT molecular complexity index is 941. The molecule has 0 spiro atoms. The van der Waals surface area contributed by atoms with E-state index < -0.39 is 5.91 Å². The highest BCUT2D eigenvalue weighted by atomic mass is 35.5. The number of Topliss-reactive ketones (excluding diaryl/α,β-unsaturated/α-hetero) is 1.